The van der Waals surface area contributed by atoms with Crippen molar-refractivity contribution < 1.29 is 0 Å². The van der Waals surface area contributed by atoms with Crippen LogP contribution >= 0.6 is 0 Å². The average Bonchev–Trinajstić information content (AvgIpc) is 1.79. The quantitative estimate of drug-likeness (QED) is 0.578. The van der Waals surface area contributed by atoms with E-state index in [0.717, 1.165) is 6.42 Å². The SMILES string of the molecule is CC1(C)C[C@H](N)[C@@H](N)C(C)(C)C1. The molecule has 0 bridgehead atoms. The highest BCUT2D eigenvalue weighted by atomic mass is 14.8. The minimum absolute atomic E-state index is 0.158. The van der Waals surface area contributed by atoms with E-state index in [0.29, 0.717) is 5.41 Å². The molecule has 0 spiro atoms. The Morgan fingerprint density at radius 1 is 1.08 bits per heavy atom. The third-order valence-corrected chi connectivity index (χ3v) is 3.09. The summed E-state index contributed by atoms with van der Waals surface area (Å²) in [4.78, 5) is 0. The van der Waals surface area contributed by atoms with Crippen LogP contribution in [0.4, 0.5) is 0 Å². The van der Waals surface area contributed by atoms with Gasteiger partial charge < -0.3 is 11.5 Å². The lowest BCUT2D eigenvalue weighted by Gasteiger charge is -2.48. The van der Waals surface area contributed by atoms with Crippen molar-refractivity contribution in [1.82, 2.24) is 0 Å². The molecule has 1 fully saturated rings. The Balaban J connectivity index is 2.80. The minimum Gasteiger partial charge on any atom is -0.326 e. The molecule has 1 aliphatic carbocycles. The van der Waals surface area contributed by atoms with Crippen LogP contribution in [0.2, 0.25) is 0 Å². The van der Waals surface area contributed by atoms with E-state index in [1.165, 1.54) is 6.42 Å². The van der Waals surface area contributed by atoms with Crippen molar-refractivity contribution in [1.29, 1.82) is 0 Å². The van der Waals surface area contributed by atoms with Crippen molar-refractivity contribution in [3.05, 3.63) is 0 Å². The van der Waals surface area contributed by atoms with E-state index in [-0.39, 0.29) is 17.5 Å². The van der Waals surface area contributed by atoms with Crippen LogP contribution in [-0.4, -0.2) is 12.1 Å². The summed E-state index contributed by atoms with van der Waals surface area (Å²) in [5.74, 6) is 0. The summed E-state index contributed by atoms with van der Waals surface area (Å²) >= 11 is 0. The lowest BCUT2D eigenvalue weighted by atomic mass is 9.61. The standard InChI is InChI=1S/C10H22N2/c1-9(2)5-7(11)8(12)10(3,4)6-9/h7-8H,5-6,11-12H2,1-4H3/t7-,8+/m0/s1. The van der Waals surface area contributed by atoms with Gasteiger partial charge in [0, 0.05) is 12.1 Å². The van der Waals surface area contributed by atoms with Gasteiger partial charge in [-0.3, -0.25) is 0 Å². The summed E-state index contributed by atoms with van der Waals surface area (Å²) < 4.78 is 0. The number of rotatable bonds is 0. The molecular formula is C10H22N2. The topological polar surface area (TPSA) is 52.0 Å². The van der Waals surface area contributed by atoms with Crippen LogP contribution in [0.5, 0.6) is 0 Å². The monoisotopic (exact) mass is 170 g/mol. The maximum atomic E-state index is 6.05. The molecule has 0 aromatic heterocycles. The van der Waals surface area contributed by atoms with Gasteiger partial charge in [0.2, 0.25) is 0 Å². The Morgan fingerprint density at radius 2 is 1.58 bits per heavy atom. The van der Waals surface area contributed by atoms with E-state index < -0.39 is 0 Å². The Labute approximate surface area is 75.7 Å². The lowest BCUT2D eigenvalue weighted by Crippen LogP contribution is -2.57. The Kier molecular flexibility index (Phi) is 2.26. The van der Waals surface area contributed by atoms with Crippen LogP contribution in [-0.2, 0) is 0 Å². The molecule has 1 aliphatic rings. The molecule has 2 nitrogen and oxygen atoms in total. The van der Waals surface area contributed by atoms with E-state index in [1.54, 1.807) is 0 Å². The number of hydrogen-bond acceptors (Lipinski definition) is 2. The molecule has 0 unspecified atom stereocenters. The zero-order chi connectivity index (χ0) is 9.57. The Bertz CT molecular complexity index is 173. The molecule has 2 heteroatoms. The van der Waals surface area contributed by atoms with E-state index in [2.05, 4.69) is 27.7 Å². The molecular weight excluding hydrogens is 148 g/mol. The van der Waals surface area contributed by atoms with Gasteiger partial charge in [-0.2, -0.15) is 0 Å². The second-order valence-electron chi connectivity index (χ2n) is 5.72. The van der Waals surface area contributed by atoms with Crippen LogP contribution in [0, 0.1) is 10.8 Å². The summed E-state index contributed by atoms with van der Waals surface area (Å²) in [5, 5.41) is 0. The maximum absolute atomic E-state index is 6.05. The molecule has 72 valence electrons. The third kappa shape index (κ3) is 1.80. The summed E-state index contributed by atoms with van der Waals surface area (Å²) in [6.45, 7) is 9.00. The van der Waals surface area contributed by atoms with Crippen molar-refractivity contribution in [3.63, 3.8) is 0 Å². The second-order valence-corrected chi connectivity index (χ2v) is 5.72. The van der Waals surface area contributed by atoms with E-state index in [4.69, 9.17) is 11.5 Å². The smallest absolute Gasteiger partial charge is 0.0244 e. The highest BCUT2D eigenvalue weighted by Gasteiger charge is 2.42. The number of hydrogen-bond donors (Lipinski definition) is 2. The van der Waals surface area contributed by atoms with Crippen molar-refractivity contribution in [2.45, 2.75) is 52.6 Å². The summed E-state index contributed by atoms with van der Waals surface area (Å²) in [5.41, 5.74) is 12.6. The fourth-order valence-corrected chi connectivity index (χ4v) is 2.77. The second kappa shape index (κ2) is 2.71. The first-order valence-electron chi connectivity index (χ1n) is 4.76. The number of nitrogens with two attached hydrogens (primary N) is 2. The summed E-state index contributed by atoms with van der Waals surface area (Å²) in [6.07, 6.45) is 2.23. The van der Waals surface area contributed by atoms with E-state index >= 15 is 0 Å². The van der Waals surface area contributed by atoms with Crippen molar-refractivity contribution >= 4 is 0 Å². The minimum atomic E-state index is 0.158. The van der Waals surface area contributed by atoms with Gasteiger partial charge in [-0.05, 0) is 23.7 Å². The Hall–Kier alpha value is -0.0800. The molecule has 0 aliphatic heterocycles. The first kappa shape index (κ1) is 10.0. The largest absolute Gasteiger partial charge is 0.326 e. The van der Waals surface area contributed by atoms with Crippen LogP contribution in [0.15, 0.2) is 0 Å². The molecule has 0 saturated heterocycles. The van der Waals surface area contributed by atoms with Gasteiger partial charge in [-0.15, -0.1) is 0 Å². The highest BCUT2D eigenvalue weighted by molar-refractivity contribution is 4.99. The van der Waals surface area contributed by atoms with E-state index in [9.17, 15) is 0 Å². The zero-order valence-electron chi connectivity index (χ0n) is 8.72. The van der Waals surface area contributed by atoms with Crippen molar-refractivity contribution in [2.75, 3.05) is 0 Å². The van der Waals surface area contributed by atoms with Crippen molar-refractivity contribution in [2.24, 2.45) is 22.3 Å². The molecule has 0 aromatic rings. The molecule has 1 rings (SSSR count). The van der Waals surface area contributed by atoms with Crippen molar-refractivity contribution in [3.8, 4) is 0 Å². The average molecular weight is 170 g/mol. The fourth-order valence-electron chi connectivity index (χ4n) is 2.77. The lowest BCUT2D eigenvalue weighted by molar-refractivity contribution is 0.0744. The highest BCUT2D eigenvalue weighted by Crippen LogP contribution is 2.44. The van der Waals surface area contributed by atoms with Gasteiger partial charge >= 0.3 is 0 Å². The van der Waals surface area contributed by atoms with Gasteiger partial charge in [0.1, 0.15) is 0 Å². The predicted molar refractivity (Wildman–Crippen MR) is 52.7 cm³/mol. The maximum Gasteiger partial charge on any atom is 0.0244 e. The summed E-state index contributed by atoms with van der Waals surface area (Å²) in [6, 6.07) is 0.328. The van der Waals surface area contributed by atoms with Gasteiger partial charge in [-0.1, -0.05) is 27.7 Å². The van der Waals surface area contributed by atoms with Gasteiger partial charge in [0.15, 0.2) is 0 Å². The Morgan fingerprint density at radius 3 is 2.00 bits per heavy atom. The first-order chi connectivity index (χ1) is 5.25. The van der Waals surface area contributed by atoms with Crippen LogP contribution < -0.4 is 11.5 Å². The van der Waals surface area contributed by atoms with Crippen LogP contribution in [0.25, 0.3) is 0 Å². The van der Waals surface area contributed by atoms with E-state index in [1.807, 2.05) is 0 Å². The molecule has 2 atom stereocenters. The van der Waals surface area contributed by atoms with Gasteiger partial charge in [0.25, 0.3) is 0 Å². The predicted octanol–water partition coefficient (Wildman–Crippen LogP) is 1.49. The van der Waals surface area contributed by atoms with Gasteiger partial charge in [-0.25, -0.2) is 0 Å². The molecule has 0 amide bonds. The third-order valence-electron chi connectivity index (χ3n) is 3.09. The molecule has 0 aromatic carbocycles. The molecule has 0 radical (unpaired) electrons. The van der Waals surface area contributed by atoms with Crippen LogP contribution in [0.3, 0.4) is 0 Å². The molecule has 4 N–H and O–H groups in total. The fraction of sp³-hybridized carbons (Fsp3) is 1.00. The van der Waals surface area contributed by atoms with Crippen LogP contribution in [0.1, 0.15) is 40.5 Å². The summed E-state index contributed by atoms with van der Waals surface area (Å²) in [7, 11) is 0. The zero-order valence-corrected chi connectivity index (χ0v) is 8.72. The normalized spacial score (nSPS) is 39.5. The first-order valence-corrected chi connectivity index (χ1v) is 4.76. The van der Waals surface area contributed by atoms with Gasteiger partial charge in [0.05, 0.1) is 0 Å². The molecule has 0 heterocycles. The molecule has 12 heavy (non-hydrogen) atoms. The molecule has 1 saturated carbocycles.